The summed E-state index contributed by atoms with van der Waals surface area (Å²) in [5, 5.41) is 3.14. The van der Waals surface area contributed by atoms with Crippen LogP contribution in [0, 0.1) is 5.82 Å². The molecule has 34 heavy (non-hydrogen) atoms. The van der Waals surface area contributed by atoms with E-state index in [0.717, 1.165) is 30.5 Å². The fourth-order valence-electron chi connectivity index (χ4n) is 5.07. The third-order valence-corrected chi connectivity index (χ3v) is 7.86. The van der Waals surface area contributed by atoms with Crippen molar-refractivity contribution in [3.63, 3.8) is 0 Å². The maximum atomic E-state index is 14.0. The van der Waals surface area contributed by atoms with E-state index in [-0.39, 0.29) is 40.8 Å². The number of fused-ring (bicyclic) bond motifs is 1. The van der Waals surface area contributed by atoms with E-state index in [1.165, 1.54) is 10.6 Å². The molecule has 0 atom stereocenters. The van der Waals surface area contributed by atoms with E-state index in [4.69, 9.17) is 0 Å². The first kappa shape index (κ1) is 22.8. The van der Waals surface area contributed by atoms with Crippen molar-refractivity contribution < 1.29 is 9.18 Å². The molecule has 180 valence electrons. The van der Waals surface area contributed by atoms with Crippen LogP contribution >= 0.6 is 11.8 Å². The minimum Gasteiger partial charge on any atom is -0.348 e. The van der Waals surface area contributed by atoms with Crippen molar-refractivity contribution in [1.29, 1.82) is 0 Å². The van der Waals surface area contributed by atoms with Crippen LogP contribution in [-0.4, -0.2) is 47.1 Å². The highest BCUT2D eigenvalue weighted by atomic mass is 32.2. The lowest BCUT2D eigenvalue weighted by molar-refractivity contribution is 0.0917. The Morgan fingerprint density at radius 1 is 1.06 bits per heavy atom. The topological polar surface area (TPSA) is 104 Å². The van der Waals surface area contributed by atoms with Gasteiger partial charge in [-0.25, -0.2) is 19.2 Å². The van der Waals surface area contributed by atoms with Gasteiger partial charge in [0.2, 0.25) is 0 Å². The fraction of sp³-hybridized carbons (Fsp3) is 0.522. The summed E-state index contributed by atoms with van der Waals surface area (Å²) >= 11 is 1.84. The molecular formula is C23H27FN6O3S. The van der Waals surface area contributed by atoms with Crippen molar-refractivity contribution in [2.24, 2.45) is 7.05 Å². The molecule has 4 heterocycles. The number of halogens is 1. The molecule has 3 aromatic heterocycles. The number of aromatic nitrogens is 5. The predicted octanol–water partition coefficient (Wildman–Crippen LogP) is 2.41. The lowest BCUT2D eigenvalue weighted by Gasteiger charge is -2.31. The molecule has 1 aliphatic carbocycles. The van der Waals surface area contributed by atoms with Crippen LogP contribution in [0.15, 0.2) is 34.4 Å². The van der Waals surface area contributed by atoms with Crippen molar-refractivity contribution in [3.8, 4) is 0 Å². The van der Waals surface area contributed by atoms with Crippen molar-refractivity contribution in [2.45, 2.75) is 56.7 Å². The van der Waals surface area contributed by atoms with Gasteiger partial charge in [-0.05, 0) is 56.1 Å². The number of nitrogens with zero attached hydrogens (tertiary/aromatic N) is 5. The van der Waals surface area contributed by atoms with E-state index >= 15 is 0 Å². The zero-order valence-electron chi connectivity index (χ0n) is 18.9. The summed E-state index contributed by atoms with van der Waals surface area (Å²) in [5.74, 6) is 1.03. The largest absolute Gasteiger partial charge is 0.348 e. The number of hydrogen-bond acceptors (Lipinski definition) is 6. The van der Waals surface area contributed by atoms with E-state index < -0.39 is 11.4 Å². The highest BCUT2D eigenvalue weighted by Crippen LogP contribution is 2.30. The van der Waals surface area contributed by atoms with Crippen LogP contribution in [0.3, 0.4) is 0 Å². The third kappa shape index (κ3) is 4.28. The Kier molecular flexibility index (Phi) is 6.28. The molecule has 2 fully saturated rings. The zero-order valence-corrected chi connectivity index (χ0v) is 19.8. The van der Waals surface area contributed by atoms with Gasteiger partial charge >= 0.3 is 5.69 Å². The maximum absolute atomic E-state index is 14.0. The summed E-state index contributed by atoms with van der Waals surface area (Å²) in [6, 6.07) is 0.765. The molecule has 3 aromatic rings. The monoisotopic (exact) mass is 486 g/mol. The molecule has 1 aliphatic heterocycles. The lowest BCUT2D eigenvalue weighted by atomic mass is 9.90. The number of carbonyl (C=O) groups is 1. The van der Waals surface area contributed by atoms with Crippen LogP contribution in [0.1, 0.15) is 61.1 Å². The number of amides is 1. The fourth-order valence-corrected chi connectivity index (χ4v) is 6.15. The highest BCUT2D eigenvalue weighted by molar-refractivity contribution is 7.99. The Morgan fingerprint density at radius 2 is 1.76 bits per heavy atom. The number of aryl methyl sites for hydroxylation is 1. The van der Waals surface area contributed by atoms with Crippen molar-refractivity contribution in [1.82, 2.24) is 29.0 Å². The number of pyridine rings is 1. The van der Waals surface area contributed by atoms with Gasteiger partial charge in [0.1, 0.15) is 17.2 Å². The molecule has 0 unspecified atom stereocenters. The van der Waals surface area contributed by atoms with Crippen LogP contribution < -0.4 is 16.6 Å². The first-order valence-corrected chi connectivity index (χ1v) is 12.8. The van der Waals surface area contributed by atoms with Gasteiger partial charge in [0.25, 0.3) is 11.5 Å². The SMILES string of the molecule is Cn1cnc(C(=O)NC2CCC(n3c(=O)c4cc(F)cnc4n(C4CCSCC4)c3=O)CC2)c1. The lowest BCUT2D eigenvalue weighted by Crippen LogP contribution is -2.46. The Morgan fingerprint density at radius 3 is 2.44 bits per heavy atom. The minimum absolute atomic E-state index is 0.0568. The van der Waals surface area contributed by atoms with Gasteiger partial charge in [0, 0.05) is 31.4 Å². The molecule has 11 heteroatoms. The number of nitrogens with one attached hydrogen (secondary N) is 1. The van der Waals surface area contributed by atoms with Gasteiger partial charge < -0.3 is 9.88 Å². The second-order valence-corrected chi connectivity index (χ2v) is 10.3. The number of rotatable bonds is 4. The molecule has 2 aliphatic rings. The second kappa shape index (κ2) is 9.36. The van der Waals surface area contributed by atoms with Crippen LogP contribution in [0.5, 0.6) is 0 Å². The van der Waals surface area contributed by atoms with Gasteiger partial charge in [-0.3, -0.25) is 18.7 Å². The minimum atomic E-state index is -0.596. The highest BCUT2D eigenvalue weighted by Gasteiger charge is 2.30. The van der Waals surface area contributed by atoms with Crippen LogP contribution in [0.4, 0.5) is 4.39 Å². The molecule has 9 nitrogen and oxygen atoms in total. The molecule has 0 bridgehead atoms. The summed E-state index contributed by atoms with van der Waals surface area (Å²) in [6.45, 7) is 0. The van der Waals surface area contributed by atoms with Crippen molar-refractivity contribution in [3.05, 3.63) is 57.1 Å². The predicted molar refractivity (Wildman–Crippen MR) is 128 cm³/mol. The normalized spacial score (nSPS) is 21.6. The van der Waals surface area contributed by atoms with E-state index in [0.29, 0.717) is 31.4 Å². The number of carbonyl (C=O) groups excluding carboxylic acids is 1. The third-order valence-electron chi connectivity index (χ3n) is 6.81. The molecule has 1 N–H and O–H groups in total. The zero-order chi connectivity index (χ0) is 23.8. The maximum Gasteiger partial charge on any atom is 0.333 e. The quantitative estimate of drug-likeness (QED) is 0.608. The van der Waals surface area contributed by atoms with Crippen LogP contribution in [0.25, 0.3) is 11.0 Å². The average Bonchev–Trinajstić information content (AvgIpc) is 3.28. The smallest absolute Gasteiger partial charge is 0.333 e. The van der Waals surface area contributed by atoms with Crippen molar-refractivity contribution >= 4 is 28.7 Å². The molecule has 5 rings (SSSR count). The van der Waals surface area contributed by atoms with Gasteiger partial charge in [-0.1, -0.05) is 0 Å². The van der Waals surface area contributed by atoms with E-state index in [1.54, 1.807) is 28.7 Å². The van der Waals surface area contributed by atoms with Gasteiger partial charge in [-0.2, -0.15) is 11.8 Å². The summed E-state index contributed by atoms with van der Waals surface area (Å²) in [7, 11) is 1.80. The summed E-state index contributed by atoms with van der Waals surface area (Å²) in [6.07, 6.45) is 8.32. The Hall–Kier alpha value is -2.95. The molecule has 0 radical (unpaired) electrons. The molecular weight excluding hydrogens is 459 g/mol. The van der Waals surface area contributed by atoms with Gasteiger partial charge in [-0.15, -0.1) is 0 Å². The Labute approximate surface area is 199 Å². The molecule has 1 saturated carbocycles. The van der Waals surface area contributed by atoms with Crippen LogP contribution in [0.2, 0.25) is 0 Å². The van der Waals surface area contributed by atoms with Crippen molar-refractivity contribution in [2.75, 3.05) is 11.5 Å². The molecule has 0 aromatic carbocycles. The standard InChI is InChI=1S/C23H27FN6O3S/c1-28-12-19(26-13-28)21(31)27-15-2-4-16(5-3-15)30-22(32)18-10-14(24)11-25-20(18)29(23(30)33)17-6-8-34-9-7-17/h10-13,15-17H,2-9H2,1H3,(H,27,31). The Bertz CT molecular complexity index is 1330. The van der Waals surface area contributed by atoms with Gasteiger partial charge in [0.05, 0.1) is 17.9 Å². The first-order valence-electron chi connectivity index (χ1n) is 11.6. The van der Waals surface area contributed by atoms with E-state index in [1.807, 2.05) is 11.8 Å². The van der Waals surface area contributed by atoms with Crippen LogP contribution in [-0.2, 0) is 7.05 Å². The molecule has 0 spiro atoms. The summed E-state index contributed by atoms with van der Waals surface area (Å²) < 4.78 is 18.7. The average molecular weight is 487 g/mol. The van der Waals surface area contributed by atoms with E-state index in [2.05, 4.69) is 15.3 Å². The summed E-state index contributed by atoms with van der Waals surface area (Å²) in [4.78, 5) is 47.7. The number of hydrogen-bond donors (Lipinski definition) is 1. The number of imidazole rings is 1. The molecule has 1 saturated heterocycles. The van der Waals surface area contributed by atoms with E-state index in [9.17, 15) is 18.8 Å². The second-order valence-electron chi connectivity index (χ2n) is 9.10. The molecule has 1 amide bonds. The Balaban J connectivity index is 1.43. The summed E-state index contributed by atoms with van der Waals surface area (Å²) in [5.41, 5.74) is -0.233. The van der Waals surface area contributed by atoms with Gasteiger partial charge in [0.15, 0.2) is 0 Å². The number of thioether (sulfide) groups is 1. The first-order chi connectivity index (χ1) is 16.4.